The van der Waals surface area contributed by atoms with Gasteiger partial charge in [0.1, 0.15) is 5.69 Å². The van der Waals surface area contributed by atoms with Gasteiger partial charge in [-0.3, -0.25) is 9.78 Å². The van der Waals surface area contributed by atoms with Crippen molar-refractivity contribution in [2.45, 2.75) is 6.54 Å². The van der Waals surface area contributed by atoms with E-state index in [1.807, 2.05) is 36.4 Å². The fourth-order valence-corrected chi connectivity index (χ4v) is 1.37. The highest BCUT2D eigenvalue weighted by Crippen LogP contribution is 2.07. The minimum absolute atomic E-state index is 0.462. The number of pyridine rings is 1. The van der Waals surface area contributed by atoms with Crippen molar-refractivity contribution in [3.05, 3.63) is 59.9 Å². The van der Waals surface area contributed by atoms with Gasteiger partial charge in [0.15, 0.2) is 6.29 Å². The maximum Gasteiger partial charge on any atom is 0.168 e. The molecule has 1 heterocycles. The lowest BCUT2D eigenvalue weighted by atomic mass is 10.2. The Morgan fingerprint density at radius 2 is 1.94 bits per heavy atom. The number of hydrogen-bond donors (Lipinski definition) is 1. The molecular formula is C13H12N2O. The first-order valence-corrected chi connectivity index (χ1v) is 5.07. The van der Waals surface area contributed by atoms with E-state index < -0.39 is 0 Å². The number of anilines is 1. The first-order chi connectivity index (χ1) is 7.88. The zero-order chi connectivity index (χ0) is 11.2. The van der Waals surface area contributed by atoms with E-state index in [1.54, 1.807) is 12.3 Å². The molecule has 0 aliphatic rings. The average Bonchev–Trinajstić information content (AvgIpc) is 2.38. The van der Waals surface area contributed by atoms with Crippen LogP contribution in [0.25, 0.3) is 0 Å². The second kappa shape index (κ2) is 5.07. The largest absolute Gasteiger partial charge is 0.381 e. The summed E-state index contributed by atoms with van der Waals surface area (Å²) in [6.07, 6.45) is 2.45. The van der Waals surface area contributed by atoms with Crippen LogP contribution in [0.1, 0.15) is 16.1 Å². The molecule has 0 unspecified atom stereocenters. The molecule has 80 valence electrons. The number of hydrogen-bond acceptors (Lipinski definition) is 3. The van der Waals surface area contributed by atoms with Gasteiger partial charge in [-0.1, -0.05) is 24.3 Å². The quantitative estimate of drug-likeness (QED) is 0.792. The third kappa shape index (κ3) is 2.67. The Balaban J connectivity index is 1.97. The van der Waals surface area contributed by atoms with Crippen LogP contribution in [0.5, 0.6) is 0 Å². The van der Waals surface area contributed by atoms with Crippen LogP contribution < -0.4 is 5.32 Å². The summed E-state index contributed by atoms with van der Waals surface area (Å²) >= 11 is 0. The first kappa shape index (κ1) is 10.4. The van der Waals surface area contributed by atoms with Crippen LogP contribution in [-0.2, 0) is 6.54 Å². The second-order valence-electron chi connectivity index (χ2n) is 3.43. The summed E-state index contributed by atoms with van der Waals surface area (Å²) in [5.41, 5.74) is 2.58. The molecule has 3 heteroatoms. The summed E-state index contributed by atoms with van der Waals surface area (Å²) in [7, 11) is 0. The monoisotopic (exact) mass is 212 g/mol. The van der Waals surface area contributed by atoms with Crippen LogP contribution in [0.15, 0.2) is 48.7 Å². The second-order valence-corrected chi connectivity index (χ2v) is 3.43. The lowest BCUT2D eigenvalue weighted by Crippen LogP contribution is -2.00. The molecule has 0 saturated carbocycles. The molecule has 16 heavy (non-hydrogen) atoms. The molecule has 0 fully saturated rings. The molecule has 0 bridgehead atoms. The highest BCUT2D eigenvalue weighted by Gasteiger charge is 1.95. The highest BCUT2D eigenvalue weighted by molar-refractivity contribution is 5.71. The zero-order valence-corrected chi connectivity index (χ0v) is 8.76. The number of nitrogens with one attached hydrogen (secondary N) is 1. The van der Waals surface area contributed by atoms with Gasteiger partial charge in [-0.25, -0.2) is 0 Å². The Hall–Kier alpha value is -2.16. The summed E-state index contributed by atoms with van der Waals surface area (Å²) in [5.74, 6) is 0. The minimum atomic E-state index is 0.462. The fourth-order valence-electron chi connectivity index (χ4n) is 1.37. The standard InChI is InChI=1S/C13H12N2O/c16-10-13-7-6-11(9-15-13)8-14-12-4-2-1-3-5-12/h1-7,9-10,14H,8H2. The van der Waals surface area contributed by atoms with Gasteiger partial charge in [-0.2, -0.15) is 0 Å². The van der Waals surface area contributed by atoms with E-state index in [4.69, 9.17) is 0 Å². The Morgan fingerprint density at radius 1 is 1.12 bits per heavy atom. The van der Waals surface area contributed by atoms with Crippen molar-refractivity contribution < 1.29 is 4.79 Å². The fraction of sp³-hybridized carbons (Fsp3) is 0.0769. The predicted molar refractivity (Wildman–Crippen MR) is 63.4 cm³/mol. The number of carbonyl (C=O) groups is 1. The van der Waals surface area contributed by atoms with Crippen LogP contribution in [0, 0.1) is 0 Å². The molecule has 0 spiro atoms. The molecule has 2 aromatic rings. The molecule has 1 N–H and O–H groups in total. The number of carbonyl (C=O) groups excluding carboxylic acids is 1. The molecule has 2 rings (SSSR count). The van der Waals surface area contributed by atoms with Gasteiger partial charge in [0.25, 0.3) is 0 Å². The summed E-state index contributed by atoms with van der Waals surface area (Å²) in [4.78, 5) is 14.4. The van der Waals surface area contributed by atoms with Crippen molar-refractivity contribution in [2.24, 2.45) is 0 Å². The smallest absolute Gasteiger partial charge is 0.168 e. The van der Waals surface area contributed by atoms with E-state index in [0.717, 1.165) is 17.5 Å². The van der Waals surface area contributed by atoms with Gasteiger partial charge in [0.2, 0.25) is 0 Å². The van der Waals surface area contributed by atoms with Crippen LogP contribution >= 0.6 is 0 Å². The van der Waals surface area contributed by atoms with E-state index in [9.17, 15) is 4.79 Å². The normalized spacial score (nSPS) is 9.75. The third-order valence-electron chi connectivity index (χ3n) is 2.24. The lowest BCUT2D eigenvalue weighted by Gasteiger charge is -2.05. The van der Waals surface area contributed by atoms with E-state index in [-0.39, 0.29) is 0 Å². The van der Waals surface area contributed by atoms with Crippen LogP contribution in [0.3, 0.4) is 0 Å². The van der Waals surface area contributed by atoms with Crippen LogP contribution in [0.2, 0.25) is 0 Å². The third-order valence-corrected chi connectivity index (χ3v) is 2.24. The van der Waals surface area contributed by atoms with E-state index in [2.05, 4.69) is 10.3 Å². The zero-order valence-electron chi connectivity index (χ0n) is 8.76. The summed E-state index contributed by atoms with van der Waals surface area (Å²) in [5, 5.41) is 3.27. The molecule has 0 aliphatic carbocycles. The average molecular weight is 212 g/mol. The highest BCUT2D eigenvalue weighted by atomic mass is 16.1. The number of aldehydes is 1. The number of rotatable bonds is 4. The van der Waals surface area contributed by atoms with Crippen LogP contribution in [0.4, 0.5) is 5.69 Å². The molecule has 1 aromatic carbocycles. The van der Waals surface area contributed by atoms with E-state index >= 15 is 0 Å². The number of para-hydroxylation sites is 1. The topological polar surface area (TPSA) is 42.0 Å². The Kier molecular flexibility index (Phi) is 3.28. The molecule has 0 saturated heterocycles. The molecule has 3 nitrogen and oxygen atoms in total. The SMILES string of the molecule is O=Cc1ccc(CNc2ccccc2)cn1. The van der Waals surface area contributed by atoms with Crippen molar-refractivity contribution in [3.63, 3.8) is 0 Å². The van der Waals surface area contributed by atoms with Gasteiger partial charge < -0.3 is 5.32 Å². The van der Waals surface area contributed by atoms with Crippen molar-refractivity contribution in [3.8, 4) is 0 Å². The molecule has 0 radical (unpaired) electrons. The van der Waals surface area contributed by atoms with Gasteiger partial charge in [0.05, 0.1) is 0 Å². The summed E-state index contributed by atoms with van der Waals surface area (Å²) in [6.45, 7) is 0.705. The molecule has 0 atom stereocenters. The number of aromatic nitrogens is 1. The molecule has 0 amide bonds. The maximum atomic E-state index is 10.4. The predicted octanol–water partition coefficient (Wildman–Crippen LogP) is 2.51. The van der Waals surface area contributed by atoms with Gasteiger partial charge in [-0.15, -0.1) is 0 Å². The molecule has 1 aromatic heterocycles. The maximum absolute atomic E-state index is 10.4. The van der Waals surface area contributed by atoms with Crippen molar-refractivity contribution in [1.29, 1.82) is 0 Å². The number of benzene rings is 1. The van der Waals surface area contributed by atoms with Gasteiger partial charge >= 0.3 is 0 Å². The van der Waals surface area contributed by atoms with Crippen molar-refractivity contribution in [2.75, 3.05) is 5.32 Å². The van der Waals surface area contributed by atoms with Gasteiger partial charge in [0, 0.05) is 18.4 Å². The Labute approximate surface area is 94.1 Å². The van der Waals surface area contributed by atoms with Gasteiger partial charge in [-0.05, 0) is 23.8 Å². The minimum Gasteiger partial charge on any atom is -0.381 e. The first-order valence-electron chi connectivity index (χ1n) is 5.07. The van der Waals surface area contributed by atoms with Crippen molar-refractivity contribution in [1.82, 2.24) is 4.98 Å². The Morgan fingerprint density at radius 3 is 2.56 bits per heavy atom. The van der Waals surface area contributed by atoms with Crippen molar-refractivity contribution >= 4 is 12.0 Å². The summed E-state index contributed by atoms with van der Waals surface area (Å²) in [6, 6.07) is 13.6. The van der Waals surface area contributed by atoms with E-state index in [1.165, 1.54) is 0 Å². The molecular weight excluding hydrogens is 200 g/mol. The summed E-state index contributed by atoms with van der Waals surface area (Å²) < 4.78 is 0. The number of nitrogens with zero attached hydrogens (tertiary/aromatic N) is 1. The Bertz CT molecular complexity index is 451. The molecule has 0 aliphatic heterocycles. The van der Waals surface area contributed by atoms with Crippen LogP contribution in [-0.4, -0.2) is 11.3 Å². The lowest BCUT2D eigenvalue weighted by molar-refractivity contribution is 0.111. The van der Waals surface area contributed by atoms with E-state index in [0.29, 0.717) is 12.2 Å².